The minimum atomic E-state index is -0.839. The number of aromatic nitrogens is 4. The van der Waals surface area contributed by atoms with E-state index in [4.69, 9.17) is 0 Å². The van der Waals surface area contributed by atoms with Gasteiger partial charge in [-0.15, -0.1) is 5.10 Å². The number of rotatable bonds is 4. The van der Waals surface area contributed by atoms with Crippen molar-refractivity contribution in [2.75, 3.05) is 7.11 Å². The number of amides is 1. The minimum Gasteiger partial charge on any atom is -0.467 e. The molecule has 1 heterocycles. The van der Waals surface area contributed by atoms with Crippen LogP contribution in [0.4, 0.5) is 4.39 Å². The molecule has 0 aliphatic heterocycles. The molecular weight excluding hydrogens is 281 g/mol. The van der Waals surface area contributed by atoms with Crippen molar-refractivity contribution >= 4 is 11.9 Å². The molecule has 1 amide bonds. The van der Waals surface area contributed by atoms with Crippen LogP contribution in [0.2, 0.25) is 0 Å². The largest absolute Gasteiger partial charge is 0.467 e. The van der Waals surface area contributed by atoms with E-state index in [0.717, 1.165) is 16.8 Å². The van der Waals surface area contributed by atoms with Crippen LogP contribution in [0.1, 0.15) is 17.3 Å². The maximum absolute atomic E-state index is 13.4. The molecule has 110 valence electrons. The lowest BCUT2D eigenvalue weighted by Gasteiger charge is -2.13. The summed E-state index contributed by atoms with van der Waals surface area (Å²) in [5, 5.41) is 12.9. The van der Waals surface area contributed by atoms with Gasteiger partial charge in [0.1, 0.15) is 18.2 Å². The van der Waals surface area contributed by atoms with Crippen molar-refractivity contribution in [3.8, 4) is 5.69 Å². The van der Waals surface area contributed by atoms with E-state index in [1.807, 2.05) is 0 Å². The number of methoxy groups -OCH3 is 1. The third-order valence-corrected chi connectivity index (χ3v) is 2.70. The number of nitrogens with zero attached hydrogens (tertiary/aromatic N) is 4. The Morgan fingerprint density at radius 1 is 1.43 bits per heavy atom. The Balaban J connectivity index is 2.31. The van der Waals surface area contributed by atoms with E-state index in [0.29, 0.717) is 0 Å². The van der Waals surface area contributed by atoms with E-state index in [1.165, 1.54) is 26.4 Å². The van der Waals surface area contributed by atoms with Crippen molar-refractivity contribution < 1.29 is 18.7 Å². The quantitative estimate of drug-likeness (QED) is 0.802. The smallest absolute Gasteiger partial charge is 0.328 e. The number of halogens is 1. The Bertz CT molecular complexity index is 659. The molecule has 0 aliphatic rings. The molecule has 0 fully saturated rings. The summed E-state index contributed by atoms with van der Waals surface area (Å²) in [5.74, 6) is -1.70. The van der Waals surface area contributed by atoms with E-state index in [-0.39, 0.29) is 11.3 Å². The van der Waals surface area contributed by atoms with Crippen LogP contribution in [0, 0.1) is 5.82 Å². The summed E-state index contributed by atoms with van der Waals surface area (Å²) < 4.78 is 19.0. The Labute approximate surface area is 118 Å². The zero-order valence-corrected chi connectivity index (χ0v) is 11.3. The fourth-order valence-corrected chi connectivity index (χ4v) is 1.67. The number of carbonyl (C=O) groups excluding carboxylic acids is 2. The Morgan fingerprint density at radius 3 is 2.81 bits per heavy atom. The third-order valence-electron chi connectivity index (χ3n) is 2.70. The summed E-state index contributed by atoms with van der Waals surface area (Å²) in [6, 6.07) is 2.69. The van der Waals surface area contributed by atoms with Gasteiger partial charge in [0.05, 0.1) is 18.4 Å². The van der Waals surface area contributed by atoms with Crippen molar-refractivity contribution in [2.45, 2.75) is 13.0 Å². The van der Waals surface area contributed by atoms with Gasteiger partial charge >= 0.3 is 5.97 Å². The molecule has 1 atom stereocenters. The van der Waals surface area contributed by atoms with Crippen LogP contribution in [0.15, 0.2) is 24.5 Å². The van der Waals surface area contributed by atoms with Crippen LogP contribution < -0.4 is 5.32 Å². The average Bonchev–Trinajstić information content (AvgIpc) is 3.00. The number of ether oxygens (including phenoxy) is 1. The van der Waals surface area contributed by atoms with Gasteiger partial charge in [-0.1, -0.05) is 0 Å². The summed E-state index contributed by atoms with van der Waals surface area (Å²) in [7, 11) is 1.22. The first-order chi connectivity index (χ1) is 10.0. The van der Waals surface area contributed by atoms with E-state index in [9.17, 15) is 14.0 Å². The maximum atomic E-state index is 13.4. The standard InChI is InChI=1S/C12H12FN5O3/c1-7(12(20)21-2)15-11(19)9-4-3-8(13)5-10(9)18-6-14-16-17-18/h3-7H,1-2H3,(H,15,19). The Morgan fingerprint density at radius 2 is 2.19 bits per heavy atom. The second-order valence-electron chi connectivity index (χ2n) is 4.13. The molecule has 0 spiro atoms. The van der Waals surface area contributed by atoms with Gasteiger partial charge in [0.25, 0.3) is 5.91 Å². The molecule has 0 aliphatic carbocycles. The van der Waals surface area contributed by atoms with Gasteiger partial charge < -0.3 is 10.1 Å². The highest BCUT2D eigenvalue weighted by molar-refractivity contribution is 5.99. The molecule has 8 nitrogen and oxygen atoms in total. The summed E-state index contributed by atoms with van der Waals surface area (Å²) in [5.41, 5.74) is 0.286. The SMILES string of the molecule is COC(=O)C(C)NC(=O)c1ccc(F)cc1-n1cnnn1. The van der Waals surface area contributed by atoms with Crippen molar-refractivity contribution in [1.82, 2.24) is 25.5 Å². The van der Waals surface area contributed by atoms with E-state index < -0.39 is 23.7 Å². The first-order valence-electron chi connectivity index (χ1n) is 5.94. The summed E-state index contributed by atoms with van der Waals surface area (Å²) in [4.78, 5) is 23.5. The van der Waals surface area contributed by atoms with E-state index in [2.05, 4.69) is 25.6 Å². The predicted octanol–water partition coefficient (Wildman–Crippen LogP) is 0.0927. The fraction of sp³-hybridized carbons (Fsp3) is 0.250. The number of hydrogen-bond acceptors (Lipinski definition) is 6. The zero-order valence-electron chi connectivity index (χ0n) is 11.3. The topological polar surface area (TPSA) is 99.0 Å². The first-order valence-corrected chi connectivity index (χ1v) is 5.94. The van der Waals surface area contributed by atoms with Gasteiger partial charge in [0.2, 0.25) is 0 Å². The molecule has 2 aromatic rings. The highest BCUT2D eigenvalue weighted by atomic mass is 19.1. The molecule has 1 aromatic carbocycles. The lowest BCUT2D eigenvalue weighted by molar-refractivity contribution is -0.142. The number of tetrazole rings is 1. The van der Waals surface area contributed by atoms with Crippen LogP contribution in [0.25, 0.3) is 5.69 Å². The van der Waals surface area contributed by atoms with Gasteiger partial charge in [-0.05, 0) is 29.5 Å². The molecule has 1 unspecified atom stereocenters. The molecule has 0 saturated carbocycles. The number of hydrogen-bond donors (Lipinski definition) is 1. The van der Waals surface area contributed by atoms with Crippen LogP contribution in [0.5, 0.6) is 0 Å². The molecule has 9 heteroatoms. The highest BCUT2D eigenvalue weighted by Crippen LogP contribution is 2.15. The van der Waals surface area contributed by atoms with Crippen molar-refractivity contribution in [3.05, 3.63) is 35.9 Å². The van der Waals surface area contributed by atoms with Gasteiger partial charge in [0.15, 0.2) is 0 Å². The predicted molar refractivity (Wildman–Crippen MR) is 68.1 cm³/mol. The molecular formula is C12H12FN5O3. The number of nitrogens with one attached hydrogen (secondary N) is 1. The second-order valence-corrected chi connectivity index (χ2v) is 4.13. The Hall–Kier alpha value is -2.84. The van der Waals surface area contributed by atoms with Gasteiger partial charge in [0, 0.05) is 6.07 Å². The highest BCUT2D eigenvalue weighted by Gasteiger charge is 2.20. The van der Waals surface area contributed by atoms with Gasteiger partial charge in [-0.3, -0.25) is 4.79 Å². The average molecular weight is 293 g/mol. The van der Waals surface area contributed by atoms with E-state index >= 15 is 0 Å². The number of carbonyl (C=O) groups is 2. The summed E-state index contributed by atoms with van der Waals surface area (Å²) >= 11 is 0. The lowest BCUT2D eigenvalue weighted by atomic mass is 10.1. The molecule has 0 saturated heterocycles. The molecule has 2 rings (SSSR count). The van der Waals surface area contributed by atoms with Crippen molar-refractivity contribution in [3.63, 3.8) is 0 Å². The Kier molecular flexibility index (Phi) is 4.21. The molecule has 0 radical (unpaired) electrons. The molecule has 0 bridgehead atoms. The number of esters is 1. The second kappa shape index (κ2) is 6.07. The van der Waals surface area contributed by atoms with Gasteiger partial charge in [-0.25, -0.2) is 9.18 Å². The maximum Gasteiger partial charge on any atom is 0.328 e. The molecule has 1 N–H and O–H groups in total. The summed E-state index contributed by atoms with van der Waals surface area (Å²) in [6.45, 7) is 1.48. The monoisotopic (exact) mass is 293 g/mol. The minimum absolute atomic E-state index is 0.124. The fourth-order valence-electron chi connectivity index (χ4n) is 1.67. The summed E-state index contributed by atoms with van der Waals surface area (Å²) in [6.07, 6.45) is 1.23. The van der Waals surface area contributed by atoms with Gasteiger partial charge in [-0.2, -0.15) is 4.68 Å². The molecule has 21 heavy (non-hydrogen) atoms. The van der Waals surface area contributed by atoms with Crippen molar-refractivity contribution in [2.24, 2.45) is 0 Å². The lowest BCUT2D eigenvalue weighted by Crippen LogP contribution is -2.39. The molecule has 1 aromatic heterocycles. The third kappa shape index (κ3) is 3.19. The van der Waals surface area contributed by atoms with E-state index in [1.54, 1.807) is 0 Å². The first kappa shape index (κ1) is 14.6. The normalized spacial score (nSPS) is 11.8. The number of benzene rings is 1. The van der Waals surface area contributed by atoms with Crippen LogP contribution in [-0.2, 0) is 9.53 Å². The van der Waals surface area contributed by atoms with Crippen LogP contribution in [0.3, 0.4) is 0 Å². The van der Waals surface area contributed by atoms with Crippen LogP contribution >= 0.6 is 0 Å². The van der Waals surface area contributed by atoms with Crippen LogP contribution in [-0.4, -0.2) is 45.2 Å². The zero-order chi connectivity index (χ0) is 15.4. The van der Waals surface area contributed by atoms with Crippen molar-refractivity contribution in [1.29, 1.82) is 0 Å².